The summed E-state index contributed by atoms with van der Waals surface area (Å²) >= 11 is 1.67. The maximum atomic E-state index is 12.3. The van der Waals surface area contributed by atoms with Gasteiger partial charge in [-0.15, -0.1) is 0 Å². The van der Waals surface area contributed by atoms with E-state index < -0.39 is 0 Å². The summed E-state index contributed by atoms with van der Waals surface area (Å²) in [5.74, 6) is 2.86. The SMILES string of the molecule is CCSc1nc(N2CCCCC2)c2cnn(CCNC(=O)CCC3CCCCC3)c2n1. The van der Waals surface area contributed by atoms with Crippen LogP contribution in [0.1, 0.15) is 71.1 Å². The van der Waals surface area contributed by atoms with Gasteiger partial charge in [0.1, 0.15) is 5.82 Å². The quantitative estimate of drug-likeness (QED) is 0.456. The zero-order valence-electron chi connectivity index (χ0n) is 18.8. The van der Waals surface area contributed by atoms with E-state index in [2.05, 4.69) is 22.2 Å². The lowest BCUT2D eigenvalue weighted by atomic mass is 9.86. The minimum atomic E-state index is 0.160. The monoisotopic (exact) mass is 444 g/mol. The smallest absolute Gasteiger partial charge is 0.220 e. The summed E-state index contributed by atoms with van der Waals surface area (Å²) in [7, 11) is 0. The molecule has 4 rings (SSSR count). The van der Waals surface area contributed by atoms with E-state index in [0.29, 0.717) is 19.5 Å². The number of thioether (sulfide) groups is 1. The molecule has 1 aliphatic heterocycles. The summed E-state index contributed by atoms with van der Waals surface area (Å²) in [5, 5.41) is 9.51. The molecule has 3 heterocycles. The predicted molar refractivity (Wildman–Crippen MR) is 127 cm³/mol. The summed E-state index contributed by atoms with van der Waals surface area (Å²) in [6, 6.07) is 0. The molecule has 1 N–H and O–H groups in total. The molecule has 1 saturated heterocycles. The highest BCUT2D eigenvalue weighted by atomic mass is 32.2. The highest BCUT2D eigenvalue weighted by molar-refractivity contribution is 7.99. The van der Waals surface area contributed by atoms with Crippen LogP contribution in [-0.2, 0) is 11.3 Å². The molecule has 2 aromatic rings. The Morgan fingerprint density at radius 2 is 1.90 bits per heavy atom. The summed E-state index contributed by atoms with van der Waals surface area (Å²) in [6.07, 6.45) is 13.9. The van der Waals surface area contributed by atoms with Gasteiger partial charge in [-0.25, -0.2) is 14.6 Å². The maximum Gasteiger partial charge on any atom is 0.220 e. The number of carbonyl (C=O) groups is 1. The molecule has 0 unspecified atom stereocenters. The van der Waals surface area contributed by atoms with Gasteiger partial charge < -0.3 is 10.2 Å². The van der Waals surface area contributed by atoms with Crippen LogP contribution >= 0.6 is 11.8 Å². The molecule has 2 aromatic heterocycles. The standard InChI is InChI=1S/C23H36N6OS/c1-2-31-23-26-21(28-14-7-4-8-15-28)19-17-25-29(22(19)27-23)16-13-24-20(30)12-11-18-9-5-3-6-10-18/h17-18H,2-16H2,1H3,(H,24,30). The van der Waals surface area contributed by atoms with Crippen molar-refractivity contribution in [2.45, 2.75) is 82.8 Å². The average Bonchev–Trinajstić information content (AvgIpc) is 3.21. The average molecular weight is 445 g/mol. The lowest BCUT2D eigenvalue weighted by molar-refractivity contribution is -0.121. The number of carbonyl (C=O) groups excluding carboxylic acids is 1. The Hall–Kier alpha value is -1.83. The molecule has 8 heteroatoms. The van der Waals surface area contributed by atoms with Crippen LogP contribution in [0.4, 0.5) is 5.82 Å². The summed E-state index contributed by atoms with van der Waals surface area (Å²) in [5.41, 5.74) is 0.878. The Labute approximate surface area is 189 Å². The van der Waals surface area contributed by atoms with Gasteiger partial charge in [0.15, 0.2) is 10.8 Å². The van der Waals surface area contributed by atoms with Crippen molar-refractivity contribution in [3.05, 3.63) is 6.20 Å². The lowest BCUT2D eigenvalue weighted by Crippen LogP contribution is -2.30. The van der Waals surface area contributed by atoms with Gasteiger partial charge in [0.2, 0.25) is 5.91 Å². The molecular weight excluding hydrogens is 408 g/mol. The number of hydrogen-bond donors (Lipinski definition) is 1. The van der Waals surface area contributed by atoms with Gasteiger partial charge in [-0.2, -0.15) is 5.10 Å². The summed E-state index contributed by atoms with van der Waals surface area (Å²) < 4.78 is 1.92. The van der Waals surface area contributed by atoms with Crippen molar-refractivity contribution in [3.63, 3.8) is 0 Å². The maximum absolute atomic E-state index is 12.3. The second-order valence-corrected chi connectivity index (χ2v) is 10.0. The fourth-order valence-corrected chi connectivity index (χ4v) is 5.39. The third-order valence-electron chi connectivity index (χ3n) is 6.53. The topological polar surface area (TPSA) is 75.9 Å². The van der Waals surface area contributed by atoms with E-state index in [1.165, 1.54) is 51.4 Å². The number of anilines is 1. The predicted octanol–water partition coefficient (Wildman–Crippen LogP) is 4.41. The van der Waals surface area contributed by atoms with E-state index in [1.807, 2.05) is 10.9 Å². The highest BCUT2D eigenvalue weighted by Crippen LogP contribution is 2.29. The van der Waals surface area contributed by atoms with Gasteiger partial charge in [0.25, 0.3) is 0 Å². The first-order chi connectivity index (χ1) is 15.2. The van der Waals surface area contributed by atoms with E-state index in [-0.39, 0.29) is 5.91 Å². The molecule has 0 radical (unpaired) electrons. The second-order valence-electron chi connectivity index (χ2n) is 8.81. The Balaban J connectivity index is 1.38. The summed E-state index contributed by atoms with van der Waals surface area (Å²) in [4.78, 5) is 24.3. The van der Waals surface area contributed by atoms with Crippen LogP contribution in [0.5, 0.6) is 0 Å². The van der Waals surface area contributed by atoms with Crippen molar-refractivity contribution in [2.24, 2.45) is 5.92 Å². The molecule has 31 heavy (non-hydrogen) atoms. The second kappa shape index (κ2) is 11.2. The number of nitrogens with one attached hydrogen (secondary N) is 1. The molecule has 1 aliphatic carbocycles. The molecule has 2 fully saturated rings. The number of amides is 1. The van der Waals surface area contributed by atoms with Crippen molar-refractivity contribution in [1.29, 1.82) is 0 Å². The molecule has 0 aromatic carbocycles. The molecule has 1 amide bonds. The van der Waals surface area contributed by atoms with Crippen molar-refractivity contribution in [3.8, 4) is 0 Å². The van der Waals surface area contributed by atoms with E-state index in [9.17, 15) is 4.79 Å². The number of piperidine rings is 1. The number of hydrogen-bond acceptors (Lipinski definition) is 6. The van der Waals surface area contributed by atoms with Gasteiger partial charge in [-0.1, -0.05) is 50.8 Å². The molecule has 2 aliphatic rings. The van der Waals surface area contributed by atoms with Crippen LogP contribution in [0.3, 0.4) is 0 Å². The van der Waals surface area contributed by atoms with Gasteiger partial charge in [-0.05, 0) is 37.4 Å². The van der Waals surface area contributed by atoms with Crippen LogP contribution in [0, 0.1) is 5.92 Å². The Kier molecular flexibility index (Phi) is 8.05. The minimum Gasteiger partial charge on any atom is -0.356 e. The van der Waals surface area contributed by atoms with Gasteiger partial charge in [-0.3, -0.25) is 4.79 Å². The molecule has 0 bridgehead atoms. The normalized spacial score (nSPS) is 17.9. The number of aromatic nitrogens is 4. The molecule has 1 saturated carbocycles. The third-order valence-corrected chi connectivity index (χ3v) is 7.26. The molecule has 170 valence electrons. The Morgan fingerprint density at radius 3 is 2.68 bits per heavy atom. The molecule has 7 nitrogen and oxygen atoms in total. The van der Waals surface area contributed by atoms with Gasteiger partial charge >= 0.3 is 0 Å². The zero-order valence-corrected chi connectivity index (χ0v) is 19.6. The van der Waals surface area contributed by atoms with Crippen LogP contribution in [0.15, 0.2) is 11.4 Å². The van der Waals surface area contributed by atoms with Crippen LogP contribution in [-0.4, -0.2) is 51.0 Å². The van der Waals surface area contributed by atoms with Crippen molar-refractivity contribution < 1.29 is 4.79 Å². The van der Waals surface area contributed by atoms with E-state index in [0.717, 1.165) is 53.2 Å². The first-order valence-electron chi connectivity index (χ1n) is 12.1. The van der Waals surface area contributed by atoms with Crippen molar-refractivity contribution >= 4 is 34.5 Å². The lowest BCUT2D eigenvalue weighted by Gasteiger charge is -2.28. The number of nitrogens with zero attached hydrogens (tertiary/aromatic N) is 5. The van der Waals surface area contributed by atoms with E-state index in [4.69, 9.17) is 9.97 Å². The first kappa shape index (κ1) is 22.4. The largest absolute Gasteiger partial charge is 0.356 e. The zero-order chi connectivity index (χ0) is 21.5. The number of rotatable bonds is 9. The number of fused-ring (bicyclic) bond motifs is 1. The Bertz CT molecular complexity index is 857. The fraction of sp³-hybridized carbons (Fsp3) is 0.739. The highest BCUT2D eigenvalue weighted by Gasteiger charge is 2.20. The molecule has 0 atom stereocenters. The first-order valence-corrected chi connectivity index (χ1v) is 13.1. The summed E-state index contributed by atoms with van der Waals surface area (Å²) in [6.45, 7) is 5.43. The van der Waals surface area contributed by atoms with Gasteiger partial charge in [0, 0.05) is 26.1 Å². The fourth-order valence-electron chi connectivity index (χ4n) is 4.83. The van der Waals surface area contributed by atoms with Crippen molar-refractivity contribution in [2.75, 3.05) is 30.3 Å². The van der Waals surface area contributed by atoms with Crippen LogP contribution in [0.25, 0.3) is 11.0 Å². The minimum absolute atomic E-state index is 0.160. The molecule has 0 spiro atoms. The Morgan fingerprint density at radius 1 is 1.13 bits per heavy atom. The van der Waals surface area contributed by atoms with E-state index in [1.54, 1.807) is 11.8 Å². The van der Waals surface area contributed by atoms with E-state index >= 15 is 0 Å². The van der Waals surface area contributed by atoms with Crippen molar-refractivity contribution in [1.82, 2.24) is 25.1 Å². The molecular formula is C23H36N6OS. The van der Waals surface area contributed by atoms with Crippen LogP contribution < -0.4 is 10.2 Å². The third kappa shape index (κ3) is 5.90. The van der Waals surface area contributed by atoms with Gasteiger partial charge in [0.05, 0.1) is 18.1 Å². The van der Waals surface area contributed by atoms with Crippen LogP contribution in [0.2, 0.25) is 0 Å².